The lowest BCUT2D eigenvalue weighted by molar-refractivity contribution is -0.384. The second kappa shape index (κ2) is 7.69. The van der Waals surface area contributed by atoms with Gasteiger partial charge in [0.2, 0.25) is 5.91 Å². The van der Waals surface area contributed by atoms with Crippen molar-refractivity contribution in [3.8, 4) is 0 Å². The molecule has 0 spiro atoms. The molecule has 1 aliphatic rings. The average Bonchev–Trinajstić information content (AvgIpc) is 2.54. The Morgan fingerprint density at radius 2 is 1.92 bits per heavy atom. The number of hydrogen-bond donors (Lipinski definition) is 1. The lowest BCUT2D eigenvalue weighted by Crippen LogP contribution is -2.49. The van der Waals surface area contributed by atoms with Crippen LogP contribution in [-0.2, 0) is 9.59 Å². The van der Waals surface area contributed by atoms with Crippen LogP contribution in [0.15, 0.2) is 30.0 Å². The third kappa shape index (κ3) is 4.63. The molecular weight excluding hydrogens is 312 g/mol. The highest BCUT2D eigenvalue weighted by atomic mass is 16.6. The van der Waals surface area contributed by atoms with Crippen LogP contribution in [0.1, 0.15) is 12.5 Å². The fourth-order valence-electron chi connectivity index (χ4n) is 2.42. The largest absolute Gasteiger partial charge is 0.335 e. The van der Waals surface area contributed by atoms with E-state index in [1.165, 1.54) is 31.2 Å². The van der Waals surface area contributed by atoms with Gasteiger partial charge in [-0.3, -0.25) is 19.7 Å². The normalized spacial score (nSPS) is 15.9. The topological polar surface area (TPSA) is 95.8 Å². The molecule has 1 aliphatic heterocycles. The van der Waals surface area contributed by atoms with Crippen LogP contribution in [0.2, 0.25) is 0 Å². The maximum Gasteiger partial charge on any atom is 0.270 e. The summed E-state index contributed by atoms with van der Waals surface area (Å²) in [5.41, 5.74) is 0.529. The minimum Gasteiger partial charge on any atom is -0.335 e. The number of benzene rings is 1. The van der Waals surface area contributed by atoms with Gasteiger partial charge in [0, 0.05) is 45.2 Å². The van der Waals surface area contributed by atoms with Crippen molar-refractivity contribution in [1.29, 1.82) is 0 Å². The summed E-state index contributed by atoms with van der Waals surface area (Å²) in [6, 6.07) is 5.92. The van der Waals surface area contributed by atoms with Gasteiger partial charge in [-0.25, -0.2) is 0 Å². The van der Waals surface area contributed by atoms with E-state index in [4.69, 9.17) is 0 Å². The zero-order chi connectivity index (χ0) is 17.7. The molecule has 0 aromatic heterocycles. The van der Waals surface area contributed by atoms with Crippen LogP contribution in [0.4, 0.5) is 5.69 Å². The fourth-order valence-corrected chi connectivity index (χ4v) is 2.42. The fraction of sp³-hybridized carbons (Fsp3) is 0.375. The summed E-state index contributed by atoms with van der Waals surface area (Å²) >= 11 is 0. The Labute approximate surface area is 139 Å². The summed E-state index contributed by atoms with van der Waals surface area (Å²) in [5.74, 6) is -0.654. The van der Waals surface area contributed by atoms with E-state index in [1.807, 2.05) is 7.05 Å². The van der Waals surface area contributed by atoms with Gasteiger partial charge in [-0.05, 0) is 18.7 Å². The Hall–Kier alpha value is -2.74. The third-order valence-corrected chi connectivity index (χ3v) is 3.72. The van der Waals surface area contributed by atoms with Crippen molar-refractivity contribution in [3.63, 3.8) is 0 Å². The van der Waals surface area contributed by atoms with Crippen LogP contribution in [0, 0.1) is 10.1 Å². The monoisotopic (exact) mass is 332 g/mol. The number of likely N-dealkylation sites (N-methyl/N-ethyl adjacent to an activating group) is 1. The van der Waals surface area contributed by atoms with E-state index in [1.54, 1.807) is 11.0 Å². The maximum absolute atomic E-state index is 12.7. The molecule has 1 aromatic rings. The van der Waals surface area contributed by atoms with Crippen molar-refractivity contribution in [2.24, 2.45) is 0 Å². The summed E-state index contributed by atoms with van der Waals surface area (Å²) in [6.07, 6.45) is 1.47. The molecule has 1 N–H and O–H groups in total. The molecule has 0 unspecified atom stereocenters. The summed E-state index contributed by atoms with van der Waals surface area (Å²) in [5, 5.41) is 13.4. The predicted molar refractivity (Wildman–Crippen MR) is 89.0 cm³/mol. The Balaban J connectivity index is 2.27. The molecule has 0 saturated carbocycles. The van der Waals surface area contributed by atoms with Crippen molar-refractivity contribution < 1.29 is 14.5 Å². The number of hydrogen-bond acceptors (Lipinski definition) is 5. The molecule has 8 heteroatoms. The minimum absolute atomic E-state index is 0.0713. The highest BCUT2D eigenvalue weighted by Crippen LogP contribution is 2.16. The number of nitrogens with zero attached hydrogens (tertiary/aromatic N) is 3. The molecule has 128 valence electrons. The van der Waals surface area contributed by atoms with Crippen molar-refractivity contribution in [2.75, 3.05) is 33.2 Å². The van der Waals surface area contributed by atoms with Gasteiger partial charge in [-0.2, -0.15) is 0 Å². The van der Waals surface area contributed by atoms with E-state index in [0.717, 1.165) is 13.1 Å². The number of carbonyl (C=O) groups excluding carboxylic acids is 2. The van der Waals surface area contributed by atoms with E-state index in [9.17, 15) is 19.7 Å². The summed E-state index contributed by atoms with van der Waals surface area (Å²) < 4.78 is 0. The number of nitrogens with one attached hydrogen (secondary N) is 1. The number of nitro benzene ring substituents is 1. The first-order chi connectivity index (χ1) is 11.4. The van der Waals surface area contributed by atoms with Gasteiger partial charge in [-0.1, -0.05) is 12.1 Å². The Bertz CT molecular complexity index is 678. The lowest BCUT2D eigenvalue weighted by Gasteiger charge is -2.32. The molecule has 2 rings (SSSR count). The van der Waals surface area contributed by atoms with Gasteiger partial charge >= 0.3 is 0 Å². The van der Waals surface area contributed by atoms with Crippen LogP contribution >= 0.6 is 0 Å². The summed E-state index contributed by atoms with van der Waals surface area (Å²) in [7, 11) is 1.98. The third-order valence-electron chi connectivity index (χ3n) is 3.72. The highest BCUT2D eigenvalue weighted by molar-refractivity contribution is 6.01. The molecule has 2 amide bonds. The number of rotatable bonds is 4. The van der Waals surface area contributed by atoms with E-state index in [0.29, 0.717) is 18.7 Å². The van der Waals surface area contributed by atoms with E-state index in [-0.39, 0.29) is 23.2 Å². The molecule has 1 aromatic carbocycles. The molecule has 24 heavy (non-hydrogen) atoms. The van der Waals surface area contributed by atoms with Crippen LogP contribution in [0.25, 0.3) is 6.08 Å². The number of carbonyl (C=O) groups is 2. The van der Waals surface area contributed by atoms with Gasteiger partial charge in [0.05, 0.1) is 4.92 Å². The first kappa shape index (κ1) is 17.6. The molecule has 0 radical (unpaired) electrons. The quantitative estimate of drug-likeness (QED) is 0.501. The highest BCUT2D eigenvalue weighted by Gasteiger charge is 2.23. The van der Waals surface area contributed by atoms with Gasteiger partial charge in [0.15, 0.2) is 0 Å². The lowest BCUT2D eigenvalue weighted by atomic mass is 10.1. The second-order valence-corrected chi connectivity index (χ2v) is 5.69. The van der Waals surface area contributed by atoms with Gasteiger partial charge < -0.3 is 15.1 Å². The summed E-state index contributed by atoms with van der Waals surface area (Å²) in [6.45, 7) is 3.98. The molecule has 1 saturated heterocycles. The number of piperazine rings is 1. The molecule has 8 nitrogen and oxygen atoms in total. The zero-order valence-electron chi connectivity index (χ0n) is 13.7. The van der Waals surface area contributed by atoms with Crippen LogP contribution in [0.3, 0.4) is 0 Å². The van der Waals surface area contributed by atoms with Crippen molar-refractivity contribution in [2.45, 2.75) is 6.92 Å². The maximum atomic E-state index is 12.7. The smallest absolute Gasteiger partial charge is 0.270 e. The van der Waals surface area contributed by atoms with Crippen molar-refractivity contribution in [3.05, 3.63) is 45.6 Å². The Morgan fingerprint density at radius 1 is 1.25 bits per heavy atom. The zero-order valence-corrected chi connectivity index (χ0v) is 13.7. The summed E-state index contributed by atoms with van der Waals surface area (Å²) in [4.78, 5) is 38.2. The SMILES string of the molecule is CC(=O)NC(=Cc1cccc([N+](=O)[O-])c1)C(=O)N1CCN(C)CC1. The standard InChI is InChI=1S/C16H20N4O4/c1-12(21)17-15(16(22)19-8-6-18(2)7-9-19)11-13-4-3-5-14(10-13)20(23)24/h3-5,10-11H,6-9H2,1-2H3,(H,17,21). The van der Waals surface area contributed by atoms with Crippen molar-refractivity contribution in [1.82, 2.24) is 15.1 Å². The average molecular weight is 332 g/mol. The van der Waals surface area contributed by atoms with Gasteiger partial charge in [-0.15, -0.1) is 0 Å². The minimum atomic E-state index is -0.502. The molecular formula is C16H20N4O4. The van der Waals surface area contributed by atoms with E-state index < -0.39 is 4.92 Å². The molecule has 1 heterocycles. The van der Waals surface area contributed by atoms with Gasteiger partial charge in [0.25, 0.3) is 11.6 Å². The first-order valence-electron chi connectivity index (χ1n) is 7.58. The Morgan fingerprint density at radius 3 is 2.50 bits per heavy atom. The second-order valence-electron chi connectivity index (χ2n) is 5.69. The van der Waals surface area contributed by atoms with E-state index >= 15 is 0 Å². The van der Waals surface area contributed by atoms with Crippen molar-refractivity contribution >= 4 is 23.6 Å². The molecule has 0 atom stereocenters. The van der Waals surface area contributed by atoms with Crippen LogP contribution < -0.4 is 5.32 Å². The number of amides is 2. The number of non-ortho nitro benzene ring substituents is 1. The predicted octanol–water partition coefficient (Wildman–Crippen LogP) is 0.846. The molecule has 1 fully saturated rings. The van der Waals surface area contributed by atoms with Crippen LogP contribution in [0.5, 0.6) is 0 Å². The molecule has 0 bridgehead atoms. The van der Waals surface area contributed by atoms with Gasteiger partial charge in [0.1, 0.15) is 5.70 Å². The Kier molecular flexibility index (Phi) is 5.64. The van der Waals surface area contributed by atoms with E-state index in [2.05, 4.69) is 10.2 Å². The molecule has 0 aliphatic carbocycles. The van der Waals surface area contributed by atoms with Crippen LogP contribution in [-0.4, -0.2) is 59.8 Å². The first-order valence-corrected chi connectivity index (χ1v) is 7.58. The number of nitro groups is 1.